The van der Waals surface area contributed by atoms with Crippen LogP contribution in [-0.4, -0.2) is 17.7 Å². The number of fused-ring (bicyclic) bond motifs is 4. The summed E-state index contributed by atoms with van der Waals surface area (Å²) >= 11 is 0. The molecule has 0 aromatic heterocycles. The van der Waals surface area contributed by atoms with Crippen LogP contribution in [-0.2, 0) is 4.74 Å². The fourth-order valence-corrected chi connectivity index (χ4v) is 9.85. The van der Waals surface area contributed by atoms with E-state index < -0.39 is 0 Å². The van der Waals surface area contributed by atoms with Gasteiger partial charge >= 0.3 is 0 Å². The lowest BCUT2D eigenvalue weighted by Gasteiger charge is -2.59. The van der Waals surface area contributed by atoms with Crippen molar-refractivity contribution in [3.8, 4) is 0 Å². The fraction of sp³-hybridized carbons (Fsp3) is 1.00. The largest absolute Gasteiger partial charge is 0.365 e. The van der Waals surface area contributed by atoms with E-state index in [1.807, 2.05) is 0 Å². The van der Waals surface area contributed by atoms with E-state index in [1.165, 1.54) is 57.8 Å². The molecule has 0 aromatic rings. The topological polar surface area (TPSA) is 61.3 Å². The van der Waals surface area contributed by atoms with Crippen molar-refractivity contribution in [3.05, 3.63) is 10.4 Å². The van der Waals surface area contributed by atoms with E-state index in [0.717, 1.165) is 48.3 Å². The average molecular weight is 428 g/mol. The summed E-state index contributed by atoms with van der Waals surface area (Å²) in [7, 11) is 0. The predicted octanol–water partition coefficient (Wildman–Crippen LogP) is 7.92. The lowest BCUT2D eigenvalue weighted by molar-refractivity contribution is -0.102. The number of azide groups is 1. The maximum Gasteiger partial charge on any atom is 0.101 e. The molecule has 4 heteroatoms. The molecule has 4 aliphatic carbocycles. The summed E-state index contributed by atoms with van der Waals surface area (Å²) in [4.78, 5) is 3.13. The van der Waals surface area contributed by atoms with Crippen LogP contribution >= 0.6 is 0 Å². The minimum atomic E-state index is 0.0289. The Kier molecular flexibility index (Phi) is 5.45. The highest BCUT2D eigenvalue weighted by Crippen LogP contribution is 2.74. The Morgan fingerprint density at radius 3 is 2.58 bits per heavy atom. The van der Waals surface area contributed by atoms with Gasteiger partial charge in [0.2, 0.25) is 0 Å². The SMILES string of the molecule is CC(C)CCCC(C)[C@H]1CC[C@H]2[C@@H]3C[C@@H]4OC45C[C@@H](N=[N+]=[N-])CC[C@]5(C)[C@H]3CC[C@]12C. The van der Waals surface area contributed by atoms with Gasteiger partial charge in [-0.1, -0.05) is 59.0 Å². The van der Waals surface area contributed by atoms with Gasteiger partial charge in [-0.05, 0) is 97.8 Å². The van der Waals surface area contributed by atoms with Gasteiger partial charge in [-0.15, -0.1) is 0 Å². The maximum atomic E-state index is 8.96. The molecule has 2 unspecified atom stereocenters. The molecule has 0 amide bonds. The second-order valence-corrected chi connectivity index (χ2v) is 13.2. The second kappa shape index (κ2) is 7.66. The van der Waals surface area contributed by atoms with E-state index in [0.29, 0.717) is 16.9 Å². The second-order valence-electron chi connectivity index (χ2n) is 13.2. The number of hydrogen-bond acceptors (Lipinski definition) is 2. The monoisotopic (exact) mass is 427 g/mol. The lowest BCUT2D eigenvalue weighted by Crippen LogP contribution is -2.58. The summed E-state index contributed by atoms with van der Waals surface area (Å²) < 4.78 is 6.59. The summed E-state index contributed by atoms with van der Waals surface area (Å²) in [5.41, 5.74) is 9.84. The summed E-state index contributed by atoms with van der Waals surface area (Å²) in [6.45, 7) is 12.5. The molecule has 4 nitrogen and oxygen atoms in total. The molecule has 10 atom stereocenters. The van der Waals surface area contributed by atoms with Gasteiger partial charge in [-0.2, -0.15) is 0 Å². The summed E-state index contributed by atoms with van der Waals surface area (Å²) in [6, 6.07) is 0.149. The zero-order valence-electron chi connectivity index (χ0n) is 20.6. The van der Waals surface area contributed by atoms with Crippen molar-refractivity contribution >= 4 is 0 Å². The van der Waals surface area contributed by atoms with E-state index in [9.17, 15) is 0 Å². The Bertz CT molecular complexity index is 747. The highest BCUT2D eigenvalue weighted by molar-refractivity contribution is 5.24. The van der Waals surface area contributed by atoms with Gasteiger partial charge in [0.15, 0.2) is 0 Å². The van der Waals surface area contributed by atoms with E-state index >= 15 is 0 Å². The Labute approximate surface area is 189 Å². The van der Waals surface area contributed by atoms with Crippen molar-refractivity contribution < 1.29 is 4.74 Å². The third kappa shape index (κ3) is 3.22. The minimum absolute atomic E-state index is 0.0289. The first-order valence-electron chi connectivity index (χ1n) is 13.5. The van der Waals surface area contributed by atoms with Crippen LogP contribution in [0.1, 0.15) is 105 Å². The molecular weight excluding hydrogens is 382 g/mol. The molecule has 31 heavy (non-hydrogen) atoms. The number of ether oxygens (including phenoxy) is 1. The van der Waals surface area contributed by atoms with Crippen molar-refractivity contribution in [3.63, 3.8) is 0 Å². The molecule has 174 valence electrons. The maximum absolute atomic E-state index is 8.96. The zero-order valence-corrected chi connectivity index (χ0v) is 20.6. The van der Waals surface area contributed by atoms with Crippen LogP contribution in [0.3, 0.4) is 0 Å². The standard InChI is InChI=1S/C27H45N3O/c1-17(2)7-6-8-18(3)21-9-10-22-20-15-24-27(31-24)16-19(29-30-28)11-14-26(27,5)23(20)12-13-25(21,22)4/h17-24H,6-16H2,1-5H3/t18?,19-,20-,21+,22-,23-,24-,25+,26+,27?/m0/s1. The Balaban J connectivity index is 1.32. The van der Waals surface area contributed by atoms with E-state index in [2.05, 4.69) is 44.6 Å². The van der Waals surface area contributed by atoms with Gasteiger partial charge in [0.25, 0.3) is 0 Å². The summed E-state index contributed by atoms with van der Waals surface area (Å²) in [5, 5.41) is 4.11. The van der Waals surface area contributed by atoms with Crippen LogP contribution in [0.2, 0.25) is 0 Å². The summed E-state index contributed by atoms with van der Waals surface area (Å²) in [6.07, 6.45) is 14.9. The normalized spacial score (nSPS) is 51.2. The third-order valence-electron chi connectivity index (χ3n) is 11.5. The van der Waals surface area contributed by atoms with Gasteiger partial charge in [0.1, 0.15) is 5.60 Å². The average Bonchev–Trinajstić information content (AvgIpc) is 3.29. The molecule has 0 radical (unpaired) electrons. The fourth-order valence-electron chi connectivity index (χ4n) is 9.85. The molecule has 0 N–H and O–H groups in total. The van der Waals surface area contributed by atoms with Gasteiger partial charge in [0.05, 0.1) is 6.10 Å². The van der Waals surface area contributed by atoms with Crippen molar-refractivity contribution in [1.82, 2.24) is 0 Å². The number of hydrogen-bond donors (Lipinski definition) is 0. The molecule has 1 aliphatic heterocycles. The van der Waals surface area contributed by atoms with Gasteiger partial charge in [-0.25, -0.2) is 0 Å². The smallest absolute Gasteiger partial charge is 0.101 e. The van der Waals surface area contributed by atoms with Gasteiger partial charge in [-0.3, -0.25) is 0 Å². The molecule has 4 saturated carbocycles. The molecule has 5 rings (SSSR count). The van der Waals surface area contributed by atoms with E-state index in [1.54, 1.807) is 0 Å². The van der Waals surface area contributed by atoms with Crippen LogP contribution in [0.15, 0.2) is 5.11 Å². The van der Waals surface area contributed by atoms with Crippen molar-refractivity contribution in [2.75, 3.05) is 0 Å². The highest BCUT2D eigenvalue weighted by Gasteiger charge is 2.76. The van der Waals surface area contributed by atoms with Crippen LogP contribution in [0.25, 0.3) is 10.4 Å². The van der Waals surface area contributed by atoms with Crippen molar-refractivity contribution in [2.24, 2.45) is 51.5 Å². The molecule has 0 aromatic carbocycles. The van der Waals surface area contributed by atoms with Crippen molar-refractivity contribution in [1.29, 1.82) is 0 Å². The number of rotatable bonds is 6. The molecule has 1 heterocycles. The van der Waals surface area contributed by atoms with Gasteiger partial charge in [0, 0.05) is 16.4 Å². The van der Waals surface area contributed by atoms with E-state index in [4.69, 9.17) is 10.3 Å². The molecule has 1 spiro atoms. The van der Waals surface area contributed by atoms with Crippen LogP contribution in [0.5, 0.6) is 0 Å². The molecular formula is C27H45N3O. The Morgan fingerprint density at radius 1 is 1.03 bits per heavy atom. The quantitative estimate of drug-likeness (QED) is 0.184. The molecule has 1 saturated heterocycles. The lowest BCUT2D eigenvalue weighted by atomic mass is 9.44. The summed E-state index contributed by atoms with van der Waals surface area (Å²) in [5.74, 6) is 5.20. The highest BCUT2D eigenvalue weighted by atomic mass is 16.6. The minimum Gasteiger partial charge on any atom is -0.365 e. The first-order valence-corrected chi connectivity index (χ1v) is 13.5. The number of epoxide rings is 1. The zero-order chi connectivity index (χ0) is 22.0. The number of nitrogens with zero attached hydrogens (tertiary/aromatic N) is 3. The van der Waals surface area contributed by atoms with Crippen LogP contribution in [0, 0.1) is 46.3 Å². The molecule has 5 fully saturated rings. The van der Waals surface area contributed by atoms with Gasteiger partial charge < -0.3 is 4.74 Å². The molecule has 0 bridgehead atoms. The van der Waals surface area contributed by atoms with E-state index in [-0.39, 0.29) is 11.6 Å². The van der Waals surface area contributed by atoms with Crippen LogP contribution < -0.4 is 0 Å². The third-order valence-corrected chi connectivity index (χ3v) is 11.5. The Hall–Kier alpha value is -0.730. The predicted molar refractivity (Wildman–Crippen MR) is 126 cm³/mol. The van der Waals surface area contributed by atoms with Crippen LogP contribution in [0.4, 0.5) is 0 Å². The Morgan fingerprint density at radius 2 is 1.84 bits per heavy atom. The first-order chi connectivity index (χ1) is 14.7. The van der Waals surface area contributed by atoms with Crippen molar-refractivity contribution in [2.45, 2.75) is 123 Å². The molecule has 5 aliphatic rings. The first kappa shape index (κ1) is 22.1.